The third-order valence-corrected chi connectivity index (χ3v) is 19.4. The van der Waals surface area contributed by atoms with Crippen LogP contribution in [0.2, 0.25) is 0 Å². The van der Waals surface area contributed by atoms with Gasteiger partial charge in [0.15, 0.2) is 0 Å². The zero-order valence-electron chi connectivity index (χ0n) is 57.3. The number of alkyl halides is 5. The predicted octanol–water partition coefficient (Wildman–Crippen LogP) is 5.52. The van der Waals surface area contributed by atoms with Gasteiger partial charge >= 0.3 is 6.18 Å². The summed E-state index contributed by atoms with van der Waals surface area (Å²) in [5.41, 5.74) is -1.71. The third-order valence-electron chi connectivity index (χ3n) is 19.0. The van der Waals surface area contributed by atoms with E-state index < -0.39 is 181 Å². The smallest absolute Gasteiger partial charge is 0.343 e. The Morgan fingerprint density at radius 1 is 0.571 bits per heavy atom. The largest absolute Gasteiger partial charge is 0.394 e. The molecule has 2 saturated carbocycles. The van der Waals surface area contributed by atoms with E-state index in [0.717, 1.165) is 19.6 Å². The van der Waals surface area contributed by atoms with Gasteiger partial charge in [-0.3, -0.25) is 52.7 Å². The van der Waals surface area contributed by atoms with Gasteiger partial charge in [-0.2, -0.15) is 13.2 Å². The minimum absolute atomic E-state index is 0.0102. The molecule has 4 N–H and O–H groups in total. The van der Waals surface area contributed by atoms with Gasteiger partial charge in [-0.1, -0.05) is 61.8 Å². The number of nitrogens with one attached hydrogen (secondary N) is 4. The third kappa shape index (κ3) is 22.7. The van der Waals surface area contributed by atoms with E-state index in [-0.39, 0.29) is 68.1 Å². The summed E-state index contributed by atoms with van der Waals surface area (Å²) in [6.45, 7) is 17.1. The van der Waals surface area contributed by atoms with Crippen molar-refractivity contribution < 1.29 is 70.3 Å². The second-order valence-corrected chi connectivity index (χ2v) is 28.5. The zero-order valence-corrected chi connectivity index (χ0v) is 58.0. The van der Waals surface area contributed by atoms with E-state index in [1.54, 1.807) is 41.5 Å². The summed E-state index contributed by atoms with van der Waals surface area (Å²) >= 11 is 6.46. The number of nitrogens with zero attached hydrogens (tertiary/aromatic N) is 7. The van der Waals surface area contributed by atoms with E-state index in [2.05, 4.69) is 21.3 Å². The molecule has 0 bridgehead atoms. The average molecular weight is 1320 g/mol. The summed E-state index contributed by atoms with van der Waals surface area (Å²) in [6, 6.07) is -8.21. The molecular formula is C64H108ClF4N11O11. The first-order chi connectivity index (χ1) is 42.0. The van der Waals surface area contributed by atoms with Crippen molar-refractivity contribution in [2.45, 2.75) is 232 Å². The lowest BCUT2D eigenvalue weighted by molar-refractivity contribution is -0.201. The number of hydrogen-bond donors (Lipinski definition) is 4. The summed E-state index contributed by atoms with van der Waals surface area (Å²) in [4.78, 5) is 167. The van der Waals surface area contributed by atoms with Gasteiger partial charge < -0.3 is 55.6 Å². The molecule has 0 aromatic carbocycles. The highest BCUT2D eigenvalue weighted by molar-refractivity contribution is 6.20. The molecule has 0 aromatic heterocycles. The van der Waals surface area contributed by atoms with Crippen LogP contribution in [0.4, 0.5) is 17.6 Å². The Morgan fingerprint density at radius 2 is 1.12 bits per heavy atom. The SMILES string of the molecule is CC[C@H](C)[C@@H]1NC(=O)[C@H](CC(C)C)N(C)C(=O)C[C@@H](C)N(C)C(=O)[C@H](C(C)C)NC(=O)C(C)(C)N(C)C(=O)[C@H](CC(C)C)NC(=O)[C@H](CCC2CCC(C(F)(F)F)C(F)C2)NC(=O)CN(C)C(=O)[C@H](CC2CCC(Cl)CC2)N(C)C(=O)CN(C)C(=O)CN(C)C1=O. The molecule has 1 heterocycles. The fraction of sp³-hybridized carbons (Fsp3) is 0.828. The fourth-order valence-corrected chi connectivity index (χ4v) is 12.3. The van der Waals surface area contributed by atoms with Crippen molar-refractivity contribution in [3.63, 3.8) is 0 Å². The molecule has 3 unspecified atom stereocenters. The molecule has 11 amide bonds. The van der Waals surface area contributed by atoms with Gasteiger partial charge in [-0.05, 0) is 133 Å². The number of amides is 11. The van der Waals surface area contributed by atoms with Crippen LogP contribution in [-0.2, 0) is 52.7 Å². The van der Waals surface area contributed by atoms with Gasteiger partial charge in [0.25, 0.3) is 0 Å². The molecule has 0 spiro atoms. The van der Waals surface area contributed by atoms with Crippen LogP contribution in [0.5, 0.6) is 0 Å². The zero-order chi connectivity index (χ0) is 69.5. The maximum Gasteiger partial charge on any atom is 0.394 e. The van der Waals surface area contributed by atoms with Crippen molar-refractivity contribution in [1.82, 2.24) is 55.6 Å². The molecule has 22 nitrogen and oxygen atoms in total. The van der Waals surface area contributed by atoms with Crippen LogP contribution < -0.4 is 21.3 Å². The van der Waals surface area contributed by atoms with Crippen LogP contribution in [0.25, 0.3) is 0 Å². The molecule has 11 atom stereocenters. The van der Waals surface area contributed by atoms with Gasteiger partial charge in [0.1, 0.15) is 48.0 Å². The number of likely N-dealkylation sites (N-methyl/N-ethyl adjacent to an activating group) is 7. The summed E-state index contributed by atoms with van der Waals surface area (Å²) in [5, 5.41) is 11.0. The van der Waals surface area contributed by atoms with Gasteiger partial charge in [-0.25, -0.2) is 4.39 Å². The maximum absolute atomic E-state index is 15.1. The fourth-order valence-electron chi connectivity index (χ4n) is 12.0. The molecule has 0 radical (unpaired) electrons. The van der Waals surface area contributed by atoms with Crippen LogP contribution in [0.1, 0.15) is 166 Å². The first-order valence-electron chi connectivity index (χ1n) is 32.4. The first kappa shape index (κ1) is 79.4. The van der Waals surface area contributed by atoms with E-state index in [9.17, 15) is 65.9 Å². The van der Waals surface area contributed by atoms with Crippen molar-refractivity contribution in [3.05, 3.63) is 0 Å². The molecule has 3 fully saturated rings. The summed E-state index contributed by atoms with van der Waals surface area (Å²) in [6.07, 6.45) is -5.06. The van der Waals surface area contributed by atoms with E-state index in [0.29, 0.717) is 32.1 Å². The molecule has 1 saturated heterocycles. The molecule has 0 aromatic rings. The molecular weight excluding hydrogens is 1210 g/mol. The van der Waals surface area contributed by atoms with E-state index >= 15 is 4.39 Å². The Hall–Kier alpha value is -5.82. The quantitative estimate of drug-likeness (QED) is 0.140. The van der Waals surface area contributed by atoms with E-state index in [1.165, 1.54) is 77.9 Å². The van der Waals surface area contributed by atoms with Crippen molar-refractivity contribution in [2.75, 3.05) is 69.0 Å². The van der Waals surface area contributed by atoms with Gasteiger partial charge in [0, 0.05) is 67.2 Å². The summed E-state index contributed by atoms with van der Waals surface area (Å²) < 4.78 is 56.3. The lowest BCUT2D eigenvalue weighted by atomic mass is 9.78. The maximum atomic E-state index is 15.1. The average Bonchev–Trinajstić information content (AvgIpc) is 0.947. The highest BCUT2D eigenvalue weighted by Gasteiger charge is 2.48. The molecule has 520 valence electrons. The standard InChI is InChI=1S/C64H108ClF4N11O11/c1-19-39(8)55-60(89)76(14)34-52(83)74(12)35-53(84)79(17)49(32-42-20-24-43(65)25-21-42)59(88)75(13)33-50(81)70-46(27-23-41-22-26-44(45(66)31-41)64(67,68)69)56(85)71-47(28-36(2)3)58(87)80(18)63(10,11)62(91)73-54(38(6)7)61(90)77(15)40(9)30-51(82)78(16)48(29-37(4)5)57(86)72-55/h36-49,54-55H,19-35H2,1-18H3,(H,70,81)(H,71,85)(H,72,86)(H,73,91)/t39-,40+,41?,42?,43?,44?,45?,46-,47-,48-,49-,54-,55-/m0/s1. The second kappa shape index (κ2) is 34.9. The Balaban J connectivity index is 2.19. The van der Waals surface area contributed by atoms with Gasteiger partial charge in [0.05, 0.1) is 25.6 Å². The highest BCUT2D eigenvalue weighted by atomic mass is 35.5. The summed E-state index contributed by atoms with van der Waals surface area (Å²) in [5.74, 6) is -11.7. The lowest BCUT2D eigenvalue weighted by Crippen LogP contribution is -2.63. The molecule has 1 aliphatic heterocycles. The predicted molar refractivity (Wildman–Crippen MR) is 338 cm³/mol. The minimum Gasteiger partial charge on any atom is -0.343 e. The number of hydrogen-bond acceptors (Lipinski definition) is 11. The number of carbonyl (C=O) groups is 11. The normalized spacial score (nSPS) is 29.8. The van der Waals surface area contributed by atoms with Crippen LogP contribution in [0.15, 0.2) is 0 Å². The lowest BCUT2D eigenvalue weighted by Gasteiger charge is -2.39. The second-order valence-electron chi connectivity index (χ2n) is 27.9. The van der Waals surface area contributed by atoms with Gasteiger partial charge in [-0.15, -0.1) is 11.6 Å². The monoisotopic (exact) mass is 1320 g/mol. The Labute approximate surface area is 542 Å². The topological polar surface area (TPSA) is 259 Å². The number of carbonyl (C=O) groups excluding carboxylic acids is 11. The number of rotatable bonds is 12. The van der Waals surface area contributed by atoms with Crippen LogP contribution in [0, 0.1) is 41.4 Å². The van der Waals surface area contributed by atoms with Crippen LogP contribution >= 0.6 is 11.6 Å². The first-order valence-corrected chi connectivity index (χ1v) is 32.8. The van der Waals surface area contributed by atoms with Crippen LogP contribution in [0.3, 0.4) is 0 Å². The number of halogens is 5. The van der Waals surface area contributed by atoms with Gasteiger partial charge in [0.2, 0.25) is 65.0 Å². The Morgan fingerprint density at radius 3 is 1.66 bits per heavy atom. The highest BCUT2D eigenvalue weighted by Crippen LogP contribution is 2.43. The molecule has 3 aliphatic rings. The van der Waals surface area contributed by atoms with Crippen molar-refractivity contribution >= 4 is 76.6 Å². The Bertz CT molecular complexity index is 2540. The van der Waals surface area contributed by atoms with E-state index in [4.69, 9.17) is 11.6 Å². The molecule has 2 aliphatic carbocycles. The minimum atomic E-state index is -4.75. The van der Waals surface area contributed by atoms with Crippen molar-refractivity contribution in [2.24, 2.45) is 41.4 Å². The molecule has 27 heteroatoms. The Kier molecular flexibility index (Phi) is 30.5. The molecule has 3 rings (SSSR count). The van der Waals surface area contributed by atoms with Crippen LogP contribution in [-0.4, -0.2) is 234 Å². The van der Waals surface area contributed by atoms with Crippen molar-refractivity contribution in [3.8, 4) is 0 Å². The van der Waals surface area contributed by atoms with Crippen molar-refractivity contribution in [1.29, 1.82) is 0 Å². The van der Waals surface area contributed by atoms with E-state index in [1.807, 2.05) is 20.8 Å². The molecule has 91 heavy (non-hydrogen) atoms. The summed E-state index contributed by atoms with van der Waals surface area (Å²) in [7, 11) is 9.76.